The van der Waals surface area contributed by atoms with Crippen molar-refractivity contribution in [1.29, 1.82) is 0 Å². The highest BCUT2D eigenvalue weighted by molar-refractivity contribution is 14.1. The highest BCUT2D eigenvalue weighted by atomic mass is 127. The van der Waals surface area contributed by atoms with Crippen molar-refractivity contribution in [3.05, 3.63) is 140 Å². The van der Waals surface area contributed by atoms with E-state index >= 15 is 0 Å². The molecule has 424 valence electrons. The van der Waals surface area contributed by atoms with Gasteiger partial charge >= 0.3 is 12.2 Å². The van der Waals surface area contributed by atoms with E-state index in [2.05, 4.69) is 80.2 Å². The van der Waals surface area contributed by atoms with Gasteiger partial charge in [-0.1, -0.05) is 60.7 Å². The topological polar surface area (TPSA) is 243 Å². The first-order valence-corrected chi connectivity index (χ1v) is 30.4. The summed E-state index contributed by atoms with van der Waals surface area (Å²) < 4.78 is 23.0. The Kier molecular flexibility index (Phi) is 15.6. The predicted molar refractivity (Wildman–Crippen MR) is 318 cm³/mol. The second-order valence-electron chi connectivity index (χ2n) is 22.1. The standard InChI is InChI=1S/2C29H31IN8O3/c30-25-24-26(38(36-25)23-9-4-5-14-40-23)35-22(15-33-24)37-13-10-20-21(16-37)29(20,27-31-11-6-12-32-27)18-34-28(39)41-17-19-7-2-1-3-8-19;30-25-24-26(38(35-25)23-9-4-5-14-41-23)34-22(15-33-24)36-13-10-20-21(17-36)29(20,27-31-11-6-12-32-27)18-37(28(39)40)16-19-7-2-1-3-8-19/h1-3,6-8,11-12,15,20-21,23H,4-5,9-10,13-14,16-18H2,(H,34,39);1-3,6-8,11-12,15,20-21,23H,4-5,9-10,13-14,16-18H2,(H,39,40). The first-order valence-electron chi connectivity index (χ1n) is 28.2. The third-order valence-corrected chi connectivity index (χ3v) is 19.0. The molecule has 24 heteroatoms. The molecular weight excluding hydrogens is 1270 g/mol. The molecule has 2 aromatic carbocycles. The molecule has 8 aromatic rings. The number of carbonyl (C=O) groups excluding carboxylic acids is 1. The molecule has 8 unspecified atom stereocenters. The van der Waals surface area contributed by atoms with Crippen LogP contribution in [-0.4, -0.2) is 134 Å². The number of piperidine rings is 2. The van der Waals surface area contributed by atoms with Crippen molar-refractivity contribution >= 4 is 91.3 Å². The van der Waals surface area contributed by atoms with E-state index in [1.807, 2.05) is 88.5 Å². The summed E-state index contributed by atoms with van der Waals surface area (Å²) in [6, 6.07) is 23.0. The number of hydrogen-bond acceptors (Lipinski definition) is 17. The number of hydrogen-bond donors (Lipinski definition) is 2. The lowest BCUT2D eigenvalue weighted by Crippen LogP contribution is -2.39. The maximum Gasteiger partial charge on any atom is 0.407 e. The summed E-state index contributed by atoms with van der Waals surface area (Å²) in [6.07, 6.45) is 17.2. The van der Waals surface area contributed by atoms with E-state index in [1.54, 1.807) is 30.9 Å². The smallest absolute Gasteiger partial charge is 0.407 e. The van der Waals surface area contributed by atoms with E-state index in [1.165, 1.54) is 4.90 Å². The van der Waals surface area contributed by atoms with Crippen molar-refractivity contribution in [2.75, 3.05) is 62.3 Å². The number of amides is 2. The highest BCUT2D eigenvalue weighted by Gasteiger charge is 2.70. The second-order valence-corrected chi connectivity index (χ2v) is 24.1. The largest absolute Gasteiger partial charge is 0.465 e. The Morgan fingerprint density at radius 1 is 0.634 bits per heavy atom. The Bertz CT molecular complexity index is 3540. The molecule has 6 fully saturated rings. The first kappa shape index (κ1) is 54.5. The van der Waals surface area contributed by atoms with Crippen LogP contribution in [0.2, 0.25) is 0 Å². The number of benzene rings is 2. The van der Waals surface area contributed by atoms with Gasteiger partial charge in [0.1, 0.15) is 40.9 Å². The van der Waals surface area contributed by atoms with Crippen molar-refractivity contribution in [2.24, 2.45) is 23.7 Å². The first-order chi connectivity index (χ1) is 40.2. The molecule has 6 aromatic heterocycles. The zero-order chi connectivity index (χ0) is 55.8. The summed E-state index contributed by atoms with van der Waals surface area (Å²) in [5.41, 5.74) is 4.20. The fourth-order valence-electron chi connectivity index (χ4n) is 13.3. The van der Waals surface area contributed by atoms with Crippen LogP contribution in [0.1, 0.15) is 86.6 Å². The van der Waals surface area contributed by atoms with Gasteiger partial charge in [0.25, 0.3) is 0 Å². The van der Waals surface area contributed by atoms with Gasteiger partial charge in [0, 0.05) is 83.8 Å². The van der Waals surface area contributed by atoms with Gasteiger partial charge in [0.15, 0.2) is 31.2 Å². The number of carbonyl (C=O) groups is 2. The van der Waals surface area contributed by atoms with Gasteiger partial charge in [0.05, 0.1) is 23.2 Å². The number of rotatable bonds is 14. The molecular formula is C58H62I2N16O6. The third kappa shape index (κ3) is 10.7. The SMILES string of the molecule is O=C(NCC1(c2ncccn2)C2CCN(c3cnc4c(I)nn(C5CCCCO5)c4n3)CC21)OCc1ccccc1.O=C(O)N(Cc1ccccc1)CC1(c2ncccn2)C2CCN(c3cnc4c(I)nn(C5CCCCO5)c4n3)CC21. The Labute approximate surface area is 500 Å². The molecule has 14 rings (SSSR count). The van der Waals surface area contributed by atoms with Crippen molar-refractivity contribution in [3.63, 3.8) is 0 Å². The molecule has 2 saturated carbocycles. The number of nitrogens with zero attached hydrogens (tertiary/aromatic N) is 15. The van der Waals surface area contributed by atoms with Gasteiger partial charge in [-0.25, -0.2) is 58.8 Å². The Balaban J connectivity index is 0.000000154. The van der Waals surface area contributed by atoms with Gasteiger partial charge in [0.2, 0.25) is 0 Å². The average molecular weight is 1330 g/mol. The number of fused-ring (bicyclic) bond motifs is 4. The van der Waals surface area contributed by atoms with Crippen LogP contribution >= 0.6 is 45.2 Å². The predicted octanol–water partition coefficient (Wildman–Crippen LogP) is 8.73. The van der Waals surface area contributed by atoms with Crippen LogP contribution in [0.5, 0.6) is 0 Å². The minimum atomic E-state index is -0.936. The molecule has 82 heavy (non-hydrogen) atoms. The summed E-state index contributed by atoms with van der Waals surface area (Å²) in [5, 5.41) is 22.7. The number of carboxylic acid groups (broad SMARTS) is 1. The molecule has 4 saturated heterocycles. The summed E-state index contributed by atoms with van der Waals surface area (Å²) in [5.74, 6) is 4.22. The number of nitrogens with one attached hydrogen (secondary N) is 1. The summed E-state index contributed by atoms with van der Waals surface area (Å²) in [4.78, 5) is 69.4. The Morgan fingerprint density at radius 2 is 1.13 bits per heavy atom. The van der Waals surface area contributed by atoms with E-state index in [9.17, 15) is 14.7 Å². The van der Waals surface area contributed by atoms with Gasteiger partial charge < -0.3 is 39.3 Å². The van der Waals surface area contributed by atoms with Gasteiger partial charge in [-0.15, -0.1) is 0 Å². The molecule has 0 bridgehead atoms. The maximum atomic E-state index is 12.7. The fraction of sp³-hybridized carbons (Fsp3) is 0.448. The van der Waals surface area contributed by atoms with Crippen LogP contribution in [0.3, 0.4) is 0 Å². The Morgan fingerprint density at radius 3 is 1.65 bits per heavy atom. The lowest BCUT2D eigenvalue weighted by atomic mass is 9.98. The van der Waals surface area contributed by atoms with Crippen molar-refractivity contribution in [3.8, 4) is 0 Å². The molecule has 4 aliphatic heterocycles. The molecule has 10 heterocycles. The van der Waals surface area contributed by atoms with E-state index in [0.29, 0.717) is 25.6 Å². The van der Waals surface area contributed by atoms with Gasteiger partial charge in [-0.05, 0) is 143 Å². The van der Waals surface area contributed by atoms with Gasteiger partial charge in [-0.2, -0.15) is 10.2 Å². The van der Waals surface area contributed by atoms with Crippen LogP contribution in [0, 0.1) is 31.1 Å². The highest BCUT2D eigenvalue weighted by Crippen LogP contribution is 2.64. The molecule has 22 nitrogen and oxygen atoms in total. The zero-order valence-electron chi connectivity index (χ0n) is 45.0. The van der Waals surface area contributed by atoms with E-state index in [4.69, 9.17) is 44.3 Å². The minimum absolute atomic E-state index is 0.107. The van der Waals surface area contributed by atoms with Crippen LogP contribution in [0.25, 0.3) is 22.3 Å². The quantitative estimate of drug-likeness (QED) is 0.0967. The van der Waals surface area contributed by atoms with Crippen molar-refractivity contribution in [1.82, 2.24) is 69.6 Å². The molecule has 6 aliphatic rings. The zero-order valence-corrected chi connectivity index (χ0v) is 49.4. The summed E-state index contributed by atoms with van der Waals surface area (Å²) >= 11 is 4.44. The van der Waals surface area contributed by atoms with Crippen LogP contribution in [-0.2, 0) is 38.2 Å². The lowest BCUT2D eigenvalue weighted by Gasteiger charge is -2.28. The van der Waals surface area contributed by atoms with Crippen molar-refractivity contribution in [2.45, 2.75) is 87.8 Å². The molecule has 2 aliphatic carbocycles. The van der Waals surface area contributed by atoms with Crippen molar-refractivity contribution < 1.29 is 28.9 Å². The van der Waals surface area contributed by atoms with E-state index < -0.39 is 17.6 Å². The number of ether oxygens (including phenoxy) is 3. The second kappa shape index (κ2) is 23.5. The molecule has 0 radical (unpaired) electrons. The minimum Gasteiger partial charge on any atom is -0.465 e. The summed E-state index contributed by atoms with van der Waals surface area (Å²) in [6.45, 7) is 5.91. The number of halogens is 2. The average Bonchev–Trinajstić information content (AvgIpc) is 1.76. The molecule has 2 N–H and O–H groups in total. The lowest BCUT2D eigenvalue weighted by molar-refractivity contribution is -0.0373. The monoisotopic (exact) mass is 1330 g/mol. The van der Waals surface area contributed by atoms with Crippen LogP contribution in [0.15, 0.2) is 110 Å². The number of alkyl carbamates (subject to hydrolysis) is 1. The number of anilines is 2. The Hall–Kier alpha value is -6.78. The van der Waals surface area contributed by atoms with E-state index in [-0.39, 0.29) is 42.2 Å². The van der Waals surface area contributed by atoms with E-state index in [0.717, 1.165) is 155 Å². The maximum absolute atomic E-state index is 12.7. The van der Waals surface area contributed by atoms with Gasteiger partial charge in [-0.3, -0.25) is 0 Å². The van der Waals surface area contributed by atoms with Crippen LogP contribution in [0.4, 0.5) is 21.2 Å². The number of aromatic nitrogens is 12. The molecule has 2 amide bonds. The van der Waals surface area contributed by atoms with Crippen LogP contribution < -0.4 is 15.1 Å². The third-order valence-electron chi connectivity index (χ3n) is 17.5. The molecule has 8 atom stereocenters. The fourth-order valence-corrected chi connectivity index (χ4v) is 14.6. The molecule has 0 spiro atoms. The summed E-state index contributed by atoms with van der Waals surface area (Å²) in [7, 11) is 0. The normalized spacial score (nSPS) is 25.5.